The maximum atomic E-state index is 13.5. The molecule has 3 heterocycles. The summed E-state index contributed by atoms with van der Waals surface area (Å²) in [5.41, 5.74) is -1.03. The van der Waals surface area contributed by atoms with Crippen molar-refractivity contribution in [3.05, 3.63) is 64.7 Å². The third-order valence-corrected chi connectivity index (χ3v) is 13.1. The van der Waals surface area contributed by atoms with E-state index in [1.54, 1.807) is 10.8 Å². The molecule has 52 heavy (non-hydrogen) atoms. The fourth-order valence-electron chi connectivity index (χ4n) is 7.93. The van der Waals surface area contributed by atoms with Crippen LogP contribution in [-0.2, 0) is 20.6 Å². The van der Waals surface area contributed by atoms with Crippen molar-refractivity contribution in [2.24, 2.45) is 17.8 Å². The highest BCUT2D eigenvalue weighted by Crippen LogP contribution is 2.47. The Bertz CT molecular complexity index is 1750. The van der Waals surface area contributed by atoms with Crippen LogP contribution in [0.25, 0.3) is 10.8 Å². The van der Waals surface area contributed by atoms with Gasteiger partial charge < -0.3 is 49.6 Å². The van der Waals surface area contributed by atoms with E-state index in [0.29, 0.717) is 37.9 Å². The van der Waals surface area contributed by atoms with Gasteiger partial charge >= 0.3 is 5.97 Å². The first-order chi connectivity index (χ1) is 25.0. The molecule has 3 aliphatic rings. The Morgan fingerprint density at radius 1 is 1.06 bits per heavy atom. The van der Waals surface area contributed by atoms with Crippen LogP contribution in [0, 0.1) is 24.7 Å². The second-order valence-corrected chi connectivity index (χ2v) is 16.4. The molecule has 0 saturated carbocycles. The number of rotatable bonds is 8. The number of ether oxygens (including phenoxy) is 4. The maximum Gasteiger partial charge on any atom is 0.335 e. The Balaban J connectivity index is 1.33. The predicted octanol–water partition coefficient (Wildman–Crippen LogP) is 5.07. The van der Waals surface area contributed by atoms with Crippen molar-refractivity contribution in [2.45, 2.75) is 76.2 Å². The van der Waals surface area contributed by atoms with E-state index in [1.165, 1.54) is 17.7 Å². The van der Waals surface area contributed by atoms with E-state index in [1.807, 2.05) is 30.3 Å². The fraction of sp³-hybridized carbons (Fsp3) is 0.526. The lowest BCUT2D eigenvalue weighted by molar-refractivity contribution is -0.322. The second kappa shape index (κ2) is 16.5. The molecule has 282 valence electrons. The largest absolute Gasteiger partial charge is 0.507 e. The summed E-state index contributed by atoms with van der Waals surface area (Å²) in [6, 6.07) is 11.5. The molecule has 0 aliphatic carbocycles. The highest BCUT2D eigenvalue weighted by atomic mass is 33.1. The van der Waals surface area contributed by atoms with Crippen LogP contribution in [0.3, 0.4) is 0 Å². The van der Waals surface area contributed by atoms with Crippen LogP contribution in [0.2, 0.25) is 0 Å². The fourth-order valence-corrected chi connectivity index (χ4v) is 10.0. The van der Waals surface area contributed by atoms with E-state index in [0.717, 1.165) is 29.9 Å². The van der Waals surface area contributed by atoms with Gasteiger partial charge in [-0.2, -0.15) is 0 Å². The number of hydrogen-bond donors (Lipinski definition) is 6. The number of carboxylic acid groups (broad SMARTS) is 1. The van der Waals surface area contributed by atoms with Gasteiger partial charge in [0.25, 0.3) is 0 Å². The Morgan fingerprint density at radius 3 is 2.56 bits per heavy atom. The number of carbonyl (C=O) groups is 2. The van der Waals surface area contributed by atoms with E-state index in [9.17, 15) is 40.2 Å². The number of benzene rings is 3. The SMILES string of the molecule is Cc1c(C(=O)CCc2ccccc2)c(O)c2c(O[C@H]3O[C@H](CO)[C@@]4(CC[C@H](C)[C@H]5CCOC[C@@H]5CSSCO4)[C@H](O)[C@H]3O)cc(C(=O)O)cc2c1O. The quantitative estimate of drug-likeness (QED) is 0.101. The molecule has 0 unspecified atom stereocenters. The molecule has 6 rings (SSSR count). The number of hydrogen-bond acceptors (Lipinski definition) is 13. The van der Waals surface area contributed by atoms with Crippen LogP contribution in [0.5, 0.6) is 17.2 Å². The van der Waals surface area contributed by atoms with Gasteiger partial charge in [-0.05, 0) is 68.1 Å². The smallest absolute Gasteiger partial charge is 0.335 e. The van der Waals surface area contributed by atoms with Gasteiger partial charge in [0, 0.05) is 29.7 Å². The Morgan fingerprint density at radius 2 is 1.83 bits per heavy atom. The number of carboxylic acids is 1. The molecule has 6 N–H and O–H groups in total. The van der Waals surface area contributed by atoms with Crippen LogP contribution in [-0.4, -0.2) is 104 Å². The van der Waals surface area contributed by atoms with E-state index in [4.69, 9.17) is 18.9 Å². The summed E-state index contributed by atoms with van der Waals surface area (Å²) >= 11 is 0. The molecule has 3 fully saturated rings. The van der Waals surface area contributed by atoms with Gasteiger partial charge in [-0.25, -0.2) is 4.79 Å². The summed E-state index contributed by atoms with van der Waals surface area (Å²) in [7, 11) is 3.11. The number of aliphatic hydroxyl groups is 3. The van der Waals surface area contributed by atoms with E-state index >= 15 is 0 Å². The van der Waals surface area contributed by atoms with Crippen LogP contribution in [0.1, 0.15) is 64.4 Å². The molecule has 0 radical (unpaired) electrons. The monoisotopic (exact) mass is 758 g/mol. The van der Waals surface area contributed by atoms with E-state index in [2.05, 4.69) is 6.92 Å². The van der Waals surface area contributed by atoms with Crippen molar-refractivity contribution >= 4 is 44.1 Å². The minimum atomic E-state index is -1.76. The Labute approximate surface area is 309 Å². The van der Waals surface area contributed by atoms with Crippen molar-refractivity contribution in [3.63, 3.8) is 0 Å². The summed E-state index contributed by atoms with van der Waals surface area (Å²) in [6.07, 6.45) is -4.04. The standard InChI is InChI=1S/C38H46O12S2/c1-20-10-12-38(48-19-52-51-18-24-17-47-13-11-25(20)24)29(16-39)50-37(34(43)35(38)44)49-28-15-23(36(45)46)14-26-31(28)33(42)30(21(2)32(26)41)27(40)9-8-22-6-4-3-5-7-22/h3-7,14-15,20,24-25,29,34-35,37,39,41-44H,8-13,16-19H2,1-2H3,(H,45,46)/t20-,24+,25+,29+,34+,35+,37-,38-/m0/s1. The minimum absolute atomic E-state index is 0.00819. The third kappa shape index (κ3) is 7.62. The van der Waals surface area contributed by atoms with Crippen molar-refractivity contribution in [1.29, 1.82) is 0 Å². The number of carbonyl (C=O) groups excluding carboxylic acids is 1. The van der Waals surface area contributed by atoms with Gasteiger partial charge in [0.05, 0.1) is 29.7 Å². The number of fused-ring (bicyclic) bond motifs is 2. The lowest BCUT2D eigenvalue weighted by atomic mass is 9.74. The first-order valence-corrected chi connectivity index (χ1v) is 20.0. The van der Waals surface area contributed by atoms with Crippen LogP contribution in [0.15, 0.2) is 42.5 Å². The van der Waals surface area contributed by atoms with Gasteiger partial charge in [-0.3, -0.25) is 4.79 Å². The van der Waals surface area contributed by atoms with Gasteiger partial charge in [0.15, 0.2) is 5.78 Å². The molecule has 1 spiro atoms. The summed E-state index contributed by atoms with van der Waals surface area (Å²) < 4.78 is 24.3. The number of Topliss-reactive ketones (excluding diaryl/α,β-unsaturated/α-hetero) is 1. The zero-order valence-corrected chi connectivity index (χ0v) is 30.7. The van der Waals surface area contributed by atoms with Crippen LogP contribution in [0.4, 0.5) is 0 Å². The number of aromatic hydroxyl groups is 2. The summed E-state index contributed by atoms with van der Waals surface area (Å²) in [4.78, 5) is 25.7. The molecule has 0 aromatic heterocycles. The summed E-state index contributed by atoms with van der Waals surface area (Å²) in [5.74, 6) is -1.11. The minimum Gasteiger partial charge on any atom is -0.507 e. The van der Waals surface area contributed by atoms with Crippen LogP contribution >= 0.6 is 21.6 Å². The normalized spacial score (nSPS) is 30.0. The average Bonchev–Trinajstić information content (AvgIpc) is 3.17. The van der Waals surface area contributed by atoms with E-state index < -0.39 is 60.1 Å². The molecule has 0 amide bonds. The molecule has 12 nitrogen and oxygen atoms in total. The molecule has 0 bridgehead atoms. The van der Waals surface area contributed by atoms with Gasteiger partial charge in [-0.1, -0.05) is 58.8 Å². The molecule has 8 atom stereocenters. The molecular weight excluding hydrogens is 713 g/mol. The Hall–Kier alpha value is -3.08. The van der Waals surface area contributed by atoms with Crippen molar-refractivity contribution in [3.8, 4) is 17.2 Å². The van der Waals surface area contributed by atoms with Crippen molar-refractivity contribution in [1.82, 2.24) is 0 Å². The number of phenols is 2. The lowest BCUT2D eigenvalue weighted by Gasteiger charge is -2.50. The number of phenolic OH excluding ortho intramolecular Hbond substituents is 2. The highest BCUT2D eigenvalue weighted by Gasteiger charge is 2.57. The summed E-state index contributed by atoms with van der Waals surface area (Å²) in [6.45, 7) is 4.38. The Kier molecular flexibility index (Phi) is 12.3. The molecule has 3 aliphatic heterocycles. The third-order valence-electron chi connectivity index (χ3n) is 10.9. The van der Waals surface area contributed by atoms with Crippen molar-refractivity contribution < 1.29 is 59.2 Å². The lowest BCUT2D eigenvalue weighted by Crippen LogP contribution is -2.69. The molecule has 14 heteroatoms. The zero-order chi connectivity index (χ0) is 37.2. The van der Waals surface area contributed by atoms with Gasteiger partial charge in [0.2, 0.25) is 6.29 Å². The summed E-state index contributed by atoms with van der Waals surface area (Å²) in [5, 5.41) is 66.6. The second-order valence-electron chi connectivity index (χ2n) is 14.0. The number of aromatic carboxylic acids is 1. The predicted molar refractivity (Wildman–Crippen MR) is 196 cm³/mol. The van der Waals surface area contributed by atoms with Gasteiger partial charge in [0.1, 0.15) is 47.1 Å². The molecular formula is C38H46O12S2. The molecule has 3 aromatic rings. The highest BCUT2D eigenvalue weighted by molar-refractivity contribution is 8.76. The van der Waals surface area contributed by atoms with E-state index in [-0.39, 0.29) is 57.9 Å². The zero-order valence-electron chi connectivity index (χ0n) is 29.1. The maximum absolute atomic E-state index is 13.5. The first-order valence-electron chi connectivity index (χ1n) is 17.5. The van der Waals surface area contributed by atoms with Crippen LogP contribution < -0.4 is 4.74 Å². The molecule has 3 aromatic carbocycles. The van der Waals surface area contributed by atoms with Crippen molar-refractivity contribution in [2.75, 3.05) is 31.5 Å². The first kappa shape index (κ1) is 38.6. The number of ketones is 1. The number of aryl methyl sites for hydroxylation is 1. The van der Waals surface area contributed by atoms with Gasteiger partial charge in [-0.15, -0.1) is 0 Å². The number of aliphatic hydroxyl groups excluding tert-OH is 3. The molecule has 3 saturated heterocycles. The topological polar surface area (TPSA) is 192 Å². The average molecular weight is 759 g/mol.